The second-order valence-corrected chi connectivity index (χ2v) is 5.56. The van der Waals surface area contributed by atoms with Gasteiger partial charge in [0.15, 0.2) is 0 Å². The van der Waals surface area contributed by atoms with Crippen LogP contribution in [0.25, 0.3) is 0 Å². The van der Waals surface area contributed by atoms with Crippen LogP contribution in [-0.2, 0) is 11.3 Å². The van der Waals surface area contributed by atoms with E-state index in [4.69, 9.17) is 0 Å². The molecular weight excluding hydrogens is 283 g/mol. The average Bonchev–Trinajstić information content (AvgIpc) is 2.45. The molecule has 0 aliphatic heterocycles. The number of alkyl halides is 3. The SMILES string of the molecule is O=C(O)C1(NCc2ccccc2)CCCC(C(F)(F)F)C1. The zero-order chi connectivity index (χ0) is 15.5. The molecule has 2 N–H and O–H groups in total. The topological polar surface area (TPSA) is 49.3 Å². The summed E-state index contributed by atoms with van der Waals surface area (Å²) in [7, 11) is 0. The molecule has 1 aromatic carbocycles. The van der Waals surface area contributed by atoms with Gasteiger partial charge in [0.2, 0.25) is 0 Å². The van der Waals surface area contributed by atoms with Gasteiger partial charge < -0.3 is 5.11 Å². The van der Waals surface area contributed by atoms with Crippen LogP contribution in [0.3, 0.4) is 0 Å². The van der Waals surface area contributed by atoms with E-state index in [1.165, 1.54) is 0 Å². The van der Waals surface area contributed by atoms with Crippen molar-refractivity contribution in [1.29, 1.82) is 0 Å². The maximum Gasteiger partial charge on any atom is 0.391 e. The van der Waals surface area contributed by atoms with Crippen molar-refractivity contribution in [2.24, 2.45) is 5.92 Å². The highest BCUT2D eigenvalue weighted by Gasteiger charge is 2.50. The van der Waals surface area contributed by atoms with E-state index >= 15 is 0 Å². The fourth-order valence-corrected chi connectivity index (χ4v) is 2.85. The van der Waals surface area contributed by atoms with E-state index in [1.807, 2.05) is 30.3 Å². The summed E-state index contributed by atoms with van der Waals surface area (Å²) in [5.41, 5.74) is -0.638. The molecule has 1 aliphatic rings. The van der Waals surface area contributed by atoms with Crippen LogP contribution >= 0.6 is 0 Å². The number of aliphatic carboxylic acids is 1. The number of rotatable bonds is 4. The fraction of sp³-hybridized carbons (Fsp3) is 0.533. The van der Waals surface area contributed by atoms with E-state index in [2.05, 4.69) is 5.32 Å². The molecule has 0 saturated heterocycles. The van der Waals surface area contributed by atoms with Crippen LogP contribution in [0.2, 0.25) is 0 Å². The fourth-order valence-electron chi connectivity index (χ4n) is 2.85. The Balaban J connectivity index is 2.11. The van der Waals surface area contributed by atoms with Crippen molar-refractivity contribution in [2.45, 2.75) is 43.9 Å². The van der Waals surface area contributed by atoms with Gasteiger partial charge in [-0.05, 0) is 24.8 Å². The molecule has 2 atom stereocenters. The number of carboxylic acid groups (broad SMARTS) is 1. The quantitative estimate of drug-likeness (QED) is 0.896. The smallest absolute Gasteiger partial charge is 0.391 e. The van der Waals surface area contributed by atoms with E-state index in [0.717, 1.165) is 5.56 Å². The van der Waals surface area contributed by atoms with Gasteiger partial charge in [-0.3, -0.25) is 10.1 Å². The van der Waals surface area contributed by atoms with E-state index in [9.17, 15) is 23.1 Å². The maximum absolute atomic E-state index is 12.9. The Morgan fingerprint density at radius 3 is 2.57 bits per heavy atom. The Labute approximate surface area is 121 Å². The van der Waals surface area contributed by atoms with Gasteiger partial charge in [0.05, 0.1) is 5.92 Å². The van der Waals surface area contributed by atoms with Crippen LogP contribution in [0.5, 0.6) is 0 Å². The molecule has 6 heteroatoms. The van der Waals surface area contributed by atoms with Crippen molar-refractivity contribution in [3.8, 4) is 0 Å². The lowest BCUT2D eigenvalue weighted by Gasteiger charge is -2.39. The average molecular weight is 301 g/mol. The summed E-state index contributed by atoms with van der Waals surface area (Å²) < 4.78 is 38.7. The molecule has 0 heterocycles. The molecule has 0 amide bonds. The van der Waals surface area contributed by atoms with Crippen molar-refractivity contribution in [3.63, 3.8) is 0 Å². The minimum absolute atomic E-state index is 0.00550. The highest BCUT2D eigenvalue weighted by atomic mass is 19.4. The van der Waals surface area contributed by atoms with Crippen molar-refractivity contribution in [3.05, 3.63) is 35.9 Å². The predicted molar refractivity (Wildman–Crippen MR) is 71.7 cm³/mol. The Morgan fingerprint density at radius 2 is 2.00 bits per heavy atom. The number of nitrogens with one attached hydrogen (secondary N) is 1. The molecule has 1 fully saturated rings. The summed E-state index contributed by atoms with van der Waals surface area (Å²) in [5.74, 6) is -2.75. The minimum atomic E-state index is -4.34. The predicted octanol–water partition coefficient (Wildman–Crippen LogP) is 3.35. The Morgan fingerprint density at radius 1 is 1.33 bits per heavy atom. The highest BCUT2D eigenvalue weighted by molar-refractivity contribution is 5.79. The van der Waals surface area contributed by atoms with E-state index in [0.29, 0.717) is 0 Å². The van der Waals surface area contributed by atoms with Gasteiger partial charge in [-0.15, -0.1) is 0 Å². The monoisotopic (exact) mass is 301 g/mol. The lowest BCUT2D eigenvalue weighted by Crippen LogP contribution is -2.56. The van der Waals surface area contributed by atoms with E-state index in [-0.39, 0.29) is 25.8 Å². The maximum atomic E-state index is 12.9. The van der Waals surface area contributed by atoms with E-state index in [1.54, 1.807) is 0 Å². The molecule has 0 bridgehead atoms. The summed E-state index contributed by atoms with van der Waals surface area (Å²) in [5, 5.41) is 12.3. The zero-order valence-corrected chi connectivity index (χ0v) is 11.5. The van der Waals surface area contributed by atoms with Crippen LogP contribution < -0.4 is 5.32 Å². The van der Waals surface area contributed by atoms with Crippen molar-refractivity contribution in [1.82, 2.24) is 5.32 Å². The number of hydrogen-bond donors (Lipinski definition) is 2. The second-order valence-electron chi connectivity index (χ2n) is 5.56. The number of carbonyl (C=O) groups is 1. The molecule has 0 spiro atoms. The first-order valence-electron chi connectivity index (χ1n) is 6.92. The second kappa shape index (κ2) is 6.05. The lowest BCUT2D eigenvalue weighted by molar-refractivity contribution is -0.191. The van der Waals surface area contributed by atoms with Gasteiger partial charge in [-0.1, -0.05) is 36.8 Å². The van der Waals surface area contributed by atoms with Crippen LogP contribution in [0.15, 0.2) is 30.3 Å². The first kappa shape index (κ1) is 15.8. The number of hydrogen-bond acceptors (Lipinski definition) is 2. The molecule has 116 valence electrons. The largest absolute Gasteiger partial charge is 0.480 e. The Hall–Kier alpha value is -1.56. The summed E-state index contributed by atoms with van der Waals surface area (Å²) >= 11 is 0. The normalized spacial score (nSPS) is 26.5. The van der Waals surface area contributed by atoms with Gasteiger partial charge in [-0.2, -0.15) is 13.2 Å². The summed E-state index contributed by atoms with van der Waals surface area (Å²) in [6.07, 6.45) is -4.25. The van der Waals surface area contributed by atoms with E-state index < -0.39 is 30.0 Å². The first-order chi connectivity index (χ1) is 9.83. The van der Waals surface area contributed by atoms with Crippen LogP contribution in [0.1, 0.15) is 31.2 Å². The van der Waals surface area contributed by atoms with Crippen LogP contribution in [-0.4, -0.2) is 22.8 Å². The zero-order valence-electron chi connectivity index (χ0n) is 11.5. The third-order valence-electron chi connectivity index (χ3n) is 4.10. The Kier molecular flexibility index (Phi) is 4.56. The molecular formula is C15H18F3NO2. The summed E-state index contributed by atoms with van der Waals surface area (Å²) in [6.45, 7) is 0.248. The molecule has 21 heavy (non-hydrogen) atoms. The molecule has 0 aromatic heterocycles. The third-order valence-corrected chi connectivity index (χ3v) is 4.10. The Bertz CT molecular complexity index is 489. The molecule has 1 aromatic rings. The van der Waals surface area contributed by atoms with Crippen molar-refractivity contribution in [2.75, 3.05) is 0 Å². The highest BCUT2D eigenvalue weighted by Crippen LogP contribution is 2.42. The number of benzene rings is 1. The van der Waals surface area contributed by atoms with Gasteiger partial charge in [-0.25, -0.2) is 0 Å². The molecule has 2 rings (SSSR count). The first-order valence-corrected chi connectivity index (χ1v) is 6.92. The van der Waals surface area contributed by atoms with Crippen molar-refractivity contribution >= 4 is 5.97 Å². The lowest BCUT2D eigenvalue weighted by atomic mass is 9.75. The third kappa shape index (κ3) is 3.75. The van der Waals surface area contributed by atoms with Gasteiger partial charge in [0.1, 0.15) is 5.54 Å². The molecule has 1 saturated carbocycles. The van der Waals surface area contributed by atoms with Gasteiger partial charge >= 0.3 is 12.1 Å². The van der Waals surface area contributed by atoms with Crippen molar-refractivity contribution < 1.29 is 23.1 Å². The van der Waals surface area contributed by atoms with Gasteiger partial charge in [0.25, 0.3) is 0 Å². The number of carboxylic acids is 1. The minimum Gasteiger partial charge on any atom is -0.480 e. The summed E-state index contributed by atoms with van der Waals surface area (Å²) in [6, 6.07) is 9.07. The van der Waals surface area contributed by atoms with Crippen LogP contribution in [0.4, 0.5) is 13.2 Å². The molecule has 3 nitrogen and oxygen atoms in total. The molecule has 0 radical (unpaired) electrons. The number of halogens is 3. The molecule has 1 aliphatic carbocycles. The summed E-state index contributed by atoms with van der Waals surface area (Å²) in [4.78, 5) is 11.5. The van der Waals surface area contributed by atoms with Gasteiger partial charge in [0, 0.05) is 6.54 Å². The van der Waals surface area contributed by atoms with Crippen LogP contribution in [0, 0.1) is 5.92 Å². The standard InChI is InChI=1S/C15H18F3NO2/c16-15(17,18)12-7-4-8-14(9-12,13(20)21)19-10-11-5-2-1-3-6-11/h1-3,5-6,12,19H,4,7-10H2,(H,20,21). The molecule has 2 unspecified atom stereocenters.